The molecule has 0 aliphatic heterocycles. The Kier molecular flexibility index (Phi) is 6.88. The van der Waals surface area contributed by atoms with Crippen LogP contribution in [0, 0.1) is 5.92 Å². The molecule has 0 aromatic rings. The lowest BCUT2D eigenvalue weighted by Crippen LogP contribution is -2.32. The fraction of sp³-hybridized carbons (Fsp3) is 0.917. The summed E-state index contributed by atoms with van der Waals surface area (Å²) in [6.07, 6.45) is 4.59. The number of hydrogen-bond acceptors (Lipinski definition) is 4. The van der Waals surface area contributed by atoms with Crippen LogP contribution in [-0.4, -0.2) is 37.2 Å². The van der Waals surface area contributed by atoms with Gasteiger partial charge in [-0.1, -0.05) is 13.3 Å². The van der Waals surface area contributed by atoms with Crippen molar-refractivity contribution in [3.05, 3.63) is 0 Å². The summed E-state index contributed by atoms with van der Waals surface area (Å²) in [7, 11) is 1.44. The van der Waals surface area contributed by atoms with Crippen LogP contribution in [0.4, 0.5) is 0 Å². The number of ether oxygens (including phenoxy) is 1. The molecule has 16 heavy (non-hydrogen) atoms. The van der Waals surface area contributed by atoms with Gasteiger partial charge >= 0.3 is 5.97 Å². The molecule has 0 spiro atoms. The average Bonchev–Trinajstić information content (AvgIpc) is 2.69. The zero-order valence-corrected chi connectivity index (χ0v) is 11.1. The van der Waals surface area contributed by atoms with Crippen molar-refractivity contribution in [2.24, 2.45) is 5.92 Å². The van der Waals surface area contributed by atoms with Gasteiger partial charge in [-0.25, -0.2) is 0 Å². The maximum atomic E-state index is 10.8. The van der Waals surface area contributed by atoms with Gasteiger partial charge in [-0.15, -0.1) is 0 Å². The van der Waals surface area contributed by atoms with Gasteiger partial charge in [-0.05, 0) is 18.8 Å². The fourth-order valence-electron chi connectivity index (χ4n) is 2.12. The predicted molar refractivity (Wildman–Crippen MR) is 68.8 cm³/mol. The molecule has 1 saturated carbocycles. The fourth-order valence-corrected chi connectivity index (χ4v) is 2.90. The van der Waals surface area contributed by atoms with Crippen LogP contribution in [-0.2, 0) is 9.53 Å². The molecule has 94 valence electrons. The van der Waals surface area contributed by atoms with Crippen LogP contribution in [0.2, 0.25) is 0 Å². The predicted octanol–water partition coefficient (Wildman–Crippen LogP) is 2.06. The second kappa shape index (κ2) is 7.96. The van der Waals surface area contributed by atoms with Gasteiger partial charge < -0.3 is 10.1 Å². The zero-order chi connectivity index (χ0) is 11.8. The second-order valence-corrected chi connectivity index (χ2v) is 5.63. The molecule has 0 bridgehead atoms. The van der Waals surface area contributed by atoms with Gasteiger partial charge in [0.15, 0.2) is 0 Å². The maximum Gasteiger partial charge on any atom is 0.306 e. The van der Waals surface area contributed by atoms with Gasteiger partial charge in [-0.2, -0.15) is 11.8 Å². The molecule has 3 nitrogen and oxygen atoms in total. The largest absolute Gasteiger partial charge is 0.469 e. The van der Waals surface area contributed by atoms with Crippen molar-refractivity contribution in [1.82, 2.24) is 5.32 Å². The second-order valence-electron chi connectivity index (χ2n) is 4.41. The van der Waals surface area contributed by atoms with E-state index in [1.165, 1.54) is 26.4 Å². The number of hydrogen-bond donors (Lipinski definition) is 1. The first-order valence-electron chi connectivity index (χ1n) is 6.12. The van der Waals surface area contributed by atoms with Crippen molar-refractivity contribution in [1.29, 1.82) is 0 Å². The lowest BCUT2D eigenvalue weighted by Gasteiger charge is -2.16. The molecule has 4 heteroatoms. The average molecular weight is 245 g/mol. The van der Waals surface area contributed by atoms with Crippen LogP contribution >= 0.6 is 11.8 Å². The van der Waals surface area contributed by atoms with Gasteiger partial charge in [0.1, 0.15) is 0 Å². The quantitative estimate of drug-likeness (QED) is 0.550. The van der Waals surface area contributed by atoms with Gasteiger partial charge in [0.05, 0.1) is 13.5 Å². The van der Waals surface area contributed by atoms with E-state index in [4.69, 9.17) is 0 Å². The molecule has 0 saturated heterocycles. The molecule has 1 aliphatic carbocycles. The summed E-state index contributed by atoms with van der Waals surface area (Å²) in [4.78, 5) is 10.8. The highest BCUT2D eigenvalue weighted by molar-refractivity contribution is 7.99. The van der Waals surface area contributed by atoms with Crippen molar-refractivity contribution in [3.63, 3.8) is 0 Å². The van der Waals surface area contributed by atoms with E-state index in [1.54, 1.807) is 0 Å². The topological polar surface area (TPSA) is 38.3 Å². The normalized spacial score (nSPS) is 24.6. The number of esters is 1. The molecule has 1 aliphatic rings. The number of thioether (sulfide) groups is 1. The summed E-state index contributed by atoms with van der Waals surface area (Å²) in [6, 6.07) is 0.723. The third-order valence-electron chi connectivity index (χ3n) is 3.19. The minimum absolute atomic E-state index is 0.107. The standard InChI is InChI=1S/C12H23NO2S/c1-10-4-3-5-11(10)13-7-9-16-8-6-12(14)15-2/h10-11,13H,3-9H2,1-2H3. The van der Waals surface area contributed by atoms with Crippen LogP contribution in [0.5, 0.6) is 0 Å². The Hall–Kier alpha value is -0.220. The molecular formula is C12H23NO2S. The van der Waals surface area contributed by atoms with Crippen molar-refractivity contribution < 1.29 is 9.53 Å². The first-order valence-corrected chi connectivity index (χ1v) is 7.27. The molecule has 0 aromatic heterocycles. The van der Waals surface area contributed by atoms with Crippen LogP contribution < -0.4 is 5.32 Å². The monoisotopic (exact) mass is 245 g/mol. The summed E-state index contributed by atoms with van der Waals surface area (Å²) in [5.41, 5.74) is 0. The first-order chi connectivity index (χ1) is 7.74. The highest BCUT2D eigenvalue weighted by atomic mass is 32.2. The van der Waals surface area contributed by atoms with Crippen LogP contribution in [0.3, 0.4) is 0 Å². The van der Waals surface area contributed by atoms with E-state index in [0.29, 0.717) is 6.42 Å². The van der Waals surface area contributed by atoms with E-state index >= 15 is 0 Å². The molecule has 0 aromatic carbocycles. The minimum Gasteiger partial charge on any atom is -0.469 e. The van der Waals surface area contributed by atoms with Gasteiger partial charge in [0.25, 0.3) is 0 Å². The molecular weight excluding hydrogens is 222 g/mol. The van der Waals surface area contributed by atoms with Crippen molar-refractivity contribution in [2.75, 3.05) is 25.2 Å². The van der Waals surface area contributed by atoms with Crippen LogP contribution in [0.15, 0.2) is 0 Å². The highest BCUT2D eigenvalue weighted by Gasteiger charge is 2.21. The Morgan fingerprint density at radius 1 is 1.44 bits per heavy atom. The Labute approximate surface area is 103 Å². The van der Waals surface area contributed by atoms with Crippen molar-refractivity contribution in [2.45, 2.75) is 38.6 Å². The minimum atomic E-state index is -0.107. The van der Waals surface area contributed by atoms with Crippen molar-refractivity contribution in [3.8, 4) is 0 Å². The molecule has 0 amide bonds. The van der Waals surface area contributed by atoms with E-state index in [2.05, 4.69) is 17.0 Å². The number of methoxy groups -OCH3 is 1. The summed E-state index contributed by atoms with van der Waals surface area (Å²) in [5.74, 6) is 2.68. The van der Waals surface area contributed by atoms with E-state index < -0.39 is 0 Å². The lowest BCUT2D eigenvalue weighted by atomic mass is 10.1. The summed E-state index contributed by atoms with van der Waals surface area (Å²) >= 11 is 1.82. The van der Waals surface area contributed by atoms with Crippen molar-refractivity contribution >= 4 is 17.7 Å². The third kappa shape index (κ3) is 5.21. The molecule has 1 fully saturated rings. The Morgan fingerprint density at radius 3 is 2.88 bits per heavy atom. The Balaban J connectivity index is 1.90. The van der Waals surface area contributed by atoms with Crippen LogP contribution in [0.1, 0.15) is 32.6 Å². The zero-order valence-electron chi connectivity index (χ0n) is 10.3. The summed E-state index contributed by atoms with van der Waals surface area (Å²) in [5, 5.41) is 3.60. The maximum absolute atomic E-state index is 10.8. The molecule has 2 atom stereocenters. The van der Waals surface area contributed by atoms with E-state index in [0.717, 1.165) is 30.0 Å². The Bertz CT molecular complexity index is 211. The lowest BCUT2D eigenvalue weighted by molar-refractivity contribution is -0.140. The first kappa shape index (κ1) is 13.8. The van der Waals surface area contributed by atoms with E-state index in [-0.39, 0.29) is 5.97 Å². The van der Waals surface area contributed by atoms with Gasteiger partial charge in [-0.3, -0.25) is 4.79 Å². The summed E-state index contributed by atoms with van der Waals surface area (Å²) in [6.45, 7) is 3.38. The summed E-state index contributed by atoms with van der Waals surface area (Å²) < 4.78 is 4.58. The number of carbonyl (C=O) groups excluding carboxylic acids is 1. The van der Waals surface area contributed by atoms with Crippen LogP contribution in [0.25, 0.3) is 0 Å². The van der Waals surface area contributed by atoms with Gasteiger partial charge in [0, 0.05) is 24.1 Å². The highest BCUT2D eigenvalue weighted by Crippen LogP contribution is 2.24. The molecule has 1 N–H and O–H groups in total. The molecule has 1 rings (SSSR count). The van der Waals surface area contributed by atoms with E-state index in [1.807, 2.05) is 11.8 Å². The number of carbonyl (C=O) groups is 1. The molecule has 0 heterocycles. The number of rotatable bonds is 7. The van der Waals surface area contributed by atoms with E-state index in [9.17, 15) is 4.79 Å². The molecule has 2 unspecified atom stereocenters. The SMILES string of the molecule is COC(=O)CCSCCNC1CCCC1C. The third-order valence-corrected chi connectivity index (χ3v) is 4.18. The van der Waals surface area contributed by atoms with Gasteiger partial charge in [0.2, 0.25) is 0 Å². The number of nitrogens with one attached hydrogen (secondary N) is 1. The Morgan fingerprint density at radius 2 is 2.25 bits per heavy atom. The molecule has 0 radical (unpaired) electrons. The smallest absolute Gasteiger partial charge is 0.306 e.